The molecular weight excluding hydrogens is 466 g/mol. The molecule has 3 aromatic rings. The first-order chi connectivity index (χ1) is 17.8. The number of aryl methyl sites for hydroxylation is 2. The maximum atomic E-state index is 13.5. The Morgan fingerprint density at radius 1 is 1.11 bits per heavy atom. The van der Waals surface area contributed by atoms with Crippen LogP contribution in [0.15, 0.2) is 24.5 Å². The van der Waals surface area contributed by atoms with Crippen LogP contribution in [0.4, 0.5) is 0 Å². The number of fused-ring (bicyclic) bond motifs is 1. The van der Waals surface area contributed by atoms with E-state index < -0.39 is 0 Å². The first-order valence-corrected chi connectivity index (χ1v) is 13.5. The summed E-state index contributed by atoms with van der Waals surface area (Å²) in [6, 6.07) is 6.35. The van der Waals surface area contributed by atoms with Crippen LogP contribution in [0.5, 0.6) is 5.75 Å². The number of amides is 2. The Bertz CT molecular complexity index is 1310. The molecule has 2 aliphatic carbocycles. The third-order valence-corrected chi connectivity index (χ3v) is 7.73. The summed E-state index contributed by atoms with van der Waals surface area (Å²) in [7, 11) is 0. The average molecular weight is 504 g/mol. The number of H-pyrrole nitrogens is 1. The van der Waals surface area contributed by atoms with Crippen molar-refractivity contribution in [3.05, 3.63) is 41.3 Å². The van der Waals surface area contributed by atoms with Gasteiger partial charge in [0.2, 0.25) is 5.91 Å². The van der Waals surface area contributed by atoms with Gasteiger partial charge in [-0.05, 0) is 69.9 Å². The zero-order valence-electron chi connectivity index (χ0n) is 22.2. The number of carbonyl (C=O) groups is 2. The highest BCUT2D eigenvalue weighted by Crippen LogP contribution is 2.37. The molecule has 2 amide bonds. The molecule has 2 saturated carbocycles. The summed E-state index contributed by atoms with van der Waals surface area (Å²) in [5.41, 5.74) is 5.43. The second-order valence-corrected chi connectivity index (χ2v) is 10.8. The van der Waals surface area contributed by atoms with E-state index in [-0.39, 0.29) is 23.9 Å². The molecular formula is C29H37N5O3. The van der Waals surface area contributed by atoms with Crippen molar-refractivity contribution in [2.45, 2.75) is 78.3 Å². The van der Waals surface area contributed by atoms with Crippen molar-refractivity contribution >= 4 is 22.8 Å². The average Bonchev–Trinajstić information content (AvgIpc) is 3.64. The SMILES string of the molecule is CCC(=O)N[C@H]1CC[C@H](NC(=O)c2c(C)[nH]c3c(-c4cc(C)ccc4OCC4CC4)ncnc23)C[C@H]1C. The molecule has 2 aromatic heterocycles. The summed E-state index contributed by atoms with van der Waals surface area (Å²) in [4.78, 5) is 37.8. The van der Waals surface area contributed by atoms with Crippen molar-refractivity contribution in [2.24, 2.45) is 11.8 Å². The first-order valence-electron chi connectivity index (χ1n) is 13.5. The molecule has 3 N–H and O–H groups in total. The molecule has 0 spiro atoms. The molecule has 3 atom stereocenters. The number of hydrogen-bond acceptors (Lipinski definition) is 5. The summed E-state index contributed by atoms with van der Waals surface area (Å²) in [5, 5.41) is 6.35. The van der Waals surface area contributed by atoms with Crippen LogP contribution >= 0.6 is 0 Å². The Balaban J connectivity index is 1.38. The lowest BCUT2D eigenvalue weighted by Gasteiger charge is -2.35. The third kappa shape index (κ3) is 5.48. The number of ether oxygens (including phenoxy) is 1. The molecule has 8 heteroatoms. The highest BCUT2D eigenvalue weighted by atomic mass is 16.5. The van der Waals surface area contributed by atoms with Gasteiger partial charge in [-0.15, -0.1) is 0 Å². The molecule has 1 aromatic carbocycles. The van der Waals surface area contributed by atoms with E-state index in [4.69, 9.17) is 4.74 Å². The summed E-state index contributed by atoms with van der Waals surface area (Å²) in [6.45, 7) is 8.67. The number of rotatable bonds is 8. The number of carbonyl (C=O) groups excluding carboxylic acids is 2. The number of hydrogen-bond donors (Lipinski definition) is 3. The van der Waals surface area contributed by atoms with Gasteiger partial charge in [0.25, 0.3) is 5.91 Å². The summed E-state index contributed by atoms with van der Waals surface area (Å²) in [5.74, 6) is 1.69. The second-order valence-electron chi connectivity index (χ2n) is 10.8. The van der Waals surface area contributed by atoms with E-state index in [0.717, 1.165) is 53.0 Å². The second kappa shape index (κ2) is 10.5. The fourth-order valence-electron chi connectivity index (χ4n) is 5.36. The van der Waals surface area contributed by atoms with Crippen molar-refractivity contribution in [3.63, 3.8) is 0 Å². The molecule has 196 valence electrons. The number of nitrogens with zero attached hydrogens (tertiary/aromatic N) is 2. The van der Waals surface area contributed by atoms with Gasteiger partial charge in [-0.25, -0.2) is 9.97 Å². The summed E-state index contributed by atoms with van der Waals surface area (Å²) >= 11 is 0. The normalized spacial score (nSPS) is 21.6. The van der Waals surface area contributed by atoms with Crippen LogP contribution in [0.25, 0.3) is 22.3 Å². The largest absolute Gasteiger partial charge is 0.493 e. The van der Waals surface area contributed by atoms with Crippen molar-refractivity contribution in [1.29, 1.82) is 0 Å². The maximum Gasteiger partial charge on any atom is 0.255 e. The van der Waals surface area contributed by atoms with Crippen LogP contribution in [0.1, 0.15) is 74.0 Å². The molecule has 2 aliphatic rings. The van der Waals surface area contributed by atoms with Gasteiger partial charge >= 0.3 is 0 Å². The quantitative estimate of drug-likeness (QED) is 0.407. The van der Waals surface area contributed by atoms with Crippen LogP contribution < -0.4 is 15.4 Å². The molecule has 0 unspecified atom stereocenters. The molecule has 37 heavy (non-hydrogen) atoms. The van der Waals surface area contributed by atoms with Gasteiger partial charge in [0.1, 0.15) is 23.3 Å². The Hall–Kier alpha value is -3.42. The van der Waals surface area contributed by atoms with E-state index in [2.05, 4.69) is 45.5 Å². The molecule has 0 bridgehead atoms. The van der Waals surface area contributed by atoms with Gasteiger partial charge in [0.05, 0.1) is 17.7 Å². The Kier molecular flexibility index (Phi) is 7.17. The molecule has 0 radical (unpaired) electrons. The van der Waals surface area contributed by atoms with Gasteiger partial charge in [0.15, 0.2) is 0 Å². The van der Waals surface area contributed by atoms with Crippen molar-refractivity contribution in [2.75, 3.05) is 6.61 Å². The molecule has 0 aliphatic heterocycles. The number of benzene rings is 1. The van der Waals surface area contributed by atoms with Crippen LogP contribution in [0.2, 0.25) is 0 Å². The lowest BCUT2D eigenvalue weighted by atomic mass is 9.82. The van der Waals surface area contributed by atoms with E-state index in [1.807, 2.05) is 26.0 Å². The van der Waals surface area contributed by atoms with E-state index in [1.54, 1.807) is 0 Å². The third-order valence-electron chi connectivity index (χ3n) is 7.73. The zero-order valence-corrected chi connectivity index (χ0v) is 22.2. The van der Waals surface area contributed by atoms with E-state index in [0.29, 0.717) is 35.9 Å². The lowest BCUT2D eigenvalue weighted by molar-refractivity contribution is -0.122. The summed E-state index contributed by atoms with van der Waals surface area (Å²) < 4.78 is 6.17. The van der Waals surface area contributed by atoms with Gasteiger partial charge in [-0.1, -0.05) is 25.5 Å². The predicted molar refractivity (Wildman–Crippen MR) is 144 cm³/mol. The van der Waals surface area contributed by atoms with E-state index in [1.165, 1.54) is 19.2 Å². The smallest absolute Gasteiger partial charge is 0.255 e. The molecule has 2 heterocycles. The summed E-state index contributed by atoms with van der Waals surface area (Å²) in [6.07, 6.45) is 6.97. The highest BCUT2D eigenvalue weighted by molar-refractivity contribution is 6.09. The zero-order chi connectivity index (χ0) is 26.1. The molecule has 8 nitrogen and oxygen atoms in total. The first kappa shape index (κ1) is 25.2. The van der Waals surface area contributed by atoms with Crippen LogP contribution in [0, 0.1) is 25.7 Å². The van der Waals surface area contributed by atoms with Gasteiger partial charge in [-0.3, -0.25) is 9.59 Å². The topological polar surface area (TPSA) is 109 Å². The Morgan fingerprint density at radius 3 is 2.65 bits per heavy atom. The van der Waals surface area contributed by atoms with E-state index >= 15 is 0 Å². The van der Waals surface area contributed by atoms with Crippen LogP contribution in [0.3, 0.4) is 0 Å². The van der Waals surface area contributed by atoms with Crippen molar-refractivity contribution < 1.29 is 14.3 Å². The van der Waals surface area contributed by atoms with E-state index in [9.17, 15) is 9.59 Å². The lowest BCUT2D eigenvalue weighted by Crippen LogP contribution is -2.48. The predicted octanol–water partition coefficient (Wildman–Crippen LogP) is 4.84. The number of aromatic amines is 1. The fraction of sp³-hybridized carbons (Fsp3) is 0.517. The Labute approximate surface area is 218 Å². The highest BCUT2D eigenvalue weighted by Gasteiger charge is 2.31. The van der Waals surface area contributed by atoms with Gasteiger partial charge in [-0.2, -0.15) is 0 Å². The van der Waals surface area contributed by atoms with Gasteiger partial charge < -0.3 is 20.4 Å². The maximum absolute atomic E-state index is 13.5. The van der Waals surface area contributed by atoms with Crippen LogP contribution in [-0.2, 0) is 4.79 Å². The van der Waals surface area contributed by atoms with Crippen LogP contribution in [-0.4, -0.2) is 45.5 Å². The van der Waals surface area contributed by atoms with Crippen molar-refractivity contribution in [3.8, 4) is 17.0 Å². The standard InChI is InChI=1S/C29H37N5O3/c1-5-24(35)34-22-10-9-20(13-17(22)3)33-29(36)25-18(4)32-28-26(30-15-31-27(25)28)21-12-16(2)6-11-23(21)37-14-19-7-8-19/h6,11-12,15,17,19-20,22,32H,5,7-10,13-14H2,1-4H3,(H,33,36)(H,34,35)/t17-,20+,22+/m1/s1. The Morgan fingerprint density at radius 2 is 1.92 bits per heavy atom. The number of aromatic nitrogens is 3. The minimum Gasteiger partial charge on any atom is -0.493 e. The van der Waals surface area contributed by atoms with Crippen molar-refractivity contribution in [1.82, 2.24) is 25.6 Å². The monoisotopic (exact) mass is 503 g/mol. The van der Waals surface area contributed by atoms with Gasteiger partial charge in [0, 0.05) is 29.8 Å². The molecule has 2 fully saturated rings. The minimum absolute atomic E-state index is 0.0575. The molecule has 5 rings (SSSR count). The number of nitrogens with one attached hydrogen (secondary N) is 3. The minimum atomic E-state index is -0.129. The fourth-order valence-corrected chi connectivity index (χ4v) is 5.36. The molecule has 0 saturated heterocycles.